The van der Waals surface area contributed by atoms with Crippen LogP contribution >= 0.6 is 0 Å². The third-order valence-electron chi connectivity index (χ3n) is 7.90. The van der Waals surface area contributed by atoms with E-state index in [0.717, 1.165) is 18.5 Å². The maximum Gasteiger partial charge on any atom is 0.270 e. The topological polar surface area (TPSA) is 120 Å². The number of fused-ring (bicyclic) bond motifs is 1. The molecule has 1 saturated heterocycles. The van der Waals surface area contributed by atoms with Crippen molar-refractivity contribution in [3.05, 3.63) is 18.2 Å². The number of nitrogens with zero attached hydrogens (tertiary/aromatic N) is 2. The number of methoxy groups -OCH3 is 1. The summed E-state index contributed by atoms with van der Waals surface area (Å²) < 4.78 is 11.3. The number of aliphatic hydroxyl groups is 1. The number of nitrogens with one attached hydrogen (secondary N) is 2. The minimum Gasteiger partial charge on any atom is -0.476 e. The summed E-state index contributed by atoms with van der Waals surface area (Å²) in [5.41, 5.74) is 0.438. The molecule has 3 atom stereocenters. The number of amides is 3. The van der Waals surface area contributed by atoms with Crippen LogP contribution < -0.4 is 25.2 Å². The monoisotopic (exact) mass is 544 g/mol. The van der Waals surface area contributed by atoms with E-state index in [4.69, 9.17) is 9.47 Å². The van der Waals surface area contributed by atoms with Crippen molar-refractivity contribution in [3.8, 4) is 5.75 Å². The molecule has 1 aliphatic carbocycles. The molecule has 3 amide bonds. The van der Waals surface area contributed by atoms with Crippen LogP contribution in [-0.2, 0) is 19.1 Å². The molecule has 216 valence electrons. The van der Waals surface area contributed by atoms with Gasteiger partial charge in [-0.2, -0.15) is 0 Å². The Balaban J connectivity index is 1.54. The molecule has 3 N–H and O–H groups in total. The molecule has 3 aliphatic rings. The van der Waals surface area contributed by atoms with Gasteiger partial charge in [-0.05, 0) is 63.6 Å². The highest BCUT2D eigenvalue weighted by molar-refractivity contribution is 6.04. The molecule has 2 heterocycles. The summed E-state index contributed by atoms with van der Waals surface area (Å²) in [6.45, 7) is 9.31. The van der Waals surface area contributed by atoms with Gasteiger partial charge in [-0.25, -0.2) is 0 Å². The third kappa shape index (κ3) is 6.56. The molecule has 10 heteroatoms. The molecule has 4 rings (SSSR count). The van der Waals surface area contributed by atoms with Crippen molar-refractivity contribution in [2.75, 3.05) is 49.8 Å². The van der Waals surface area contributed by atoms with Gasteiger partial charge in [0.2, 0.25) is 11.8 Å². The predicted octanol–water partition coefficient (Wildman–Crippen LogP) is 2.08. The van der Waals surface area contributed by atoms with E-state index in [1.807, 2.05) is 36.9 Å². The fourth-order valence-corrected chi connectivity index (χ4v) is 5.49. The first-order chi connectivity index (χ1) is 18.6. The second-order valence-electron chi connectivity index (χ2n) is 11.8. The Bertz CT molecular complexity index is 1060. The SMILES string of the molecule is COCCCN1C(=O)C(C)(C)Oc2ccc(N(C(=O)[C@H]3CNC[C@@H](NC(=O)C(CO)C(C)C)C3)C3CC3)cc21. The van der Waals surface area contributed by atoms with Gasteiger partial charge in [-0.15, -0.1) is 0 Å². The zero-order valence-electron chi connectivity index (χ0n) is 23.9. The summed E-state index contributed by atoms with van der Waals surface area (Å²) >= 11 is 0. The van der Waals surface area contributed by atoms with Gasteiger partial charge < -0.3 is 35.0 Å². The van der Waals surface area contributed by atoms with E-state index in [-0.39, 0.29) is 48.2 Å². The van der Waals surface area contributed by atoms with E-state index in [1.54, 1.807) is 25.9 Å². The lowest BCUT2D eigenvalue weighted by atomic mass is 9.91. The van der Waals surface area contributed by atoms with E-state index in [2.05, 4.69) is 10.6 Å². The molecule has 1 aromatic rings. The van der Waals surface area contributed by atoms with Crippen LogP contribution in [0.1, 0.15) is 53.4 Å². The van der Waals surface area contributed by atoms with Crippen LogP contribution in [0.25, 0.3) is 0 Å². The lowest BCUT2D eigenvalue weighted by Crippen LogP contribution is -2.54. The average molecular weight is 545 g/mol. The van der Waals surface area contributed by atoms with Crippen molar-refractivity contribution in [2.45, 2.75) is 71.1 Å². The fraction of sp³-hybridized carbons (Fsp3) is 0.690. The minimum absolute atomic E-state index is 0.0146. The number of carbonyl (C=O) groups excluding carboxylic acids is 3. The van der Waals surface area contributed by atoms with E-state index in [9.17, 15) is 19.5 Å². The molecule has 2 aliphatic heterocycles. The molecule has 0 radical (unpaired) electrons. The summed E-state index contributed by atoms with van der Waals surface area (Å²) in [7, 11) is 1.64. The number of piperidine rings is 1. The summed E-state index contributed by atoms with van der Waals surface area (Å²) in [5, 5.41) is 16.0. The van der Waals surface area contributed by atoms with E-state index < -0.39 is 11.5 Å². The average Bonchev–Trinajstić information content (AvgIpc) is 3.72. The second kappa shape index (κ2) is 12.2. The van der Waals surface area contributed by atoms with Crippen molar-refractivity contribution >= 4 is 29.1 Å². The molecule has 1 unspecified atom stereocenters. The Morgan fingerprint density at radius 3 is 2.67 bits per heavy atom. The van der Waals surface area contributed by atoms with Gasteiger partial charge in [0.05, 0.1) is 24.1 Å². The van der Waals surface area contributed by atoms with E-state index >= 15 is 0 Å². The van der Waals surface area contributed by atoms with E-state index in [0.29, 0.717) is 50.5 Å². The Kier molecular flexibility index (Phi) is 9.18. The Labute approximate surface area is 231 Å². The predicted molar refractivity (Wildman–Crippen MR) is 149 cm³/mol. The van der Waals surface area contributed by atoms with Crippen molar-refractivity contribution < 1.29 is 29.0 Å². The summed E-state index contributed by atoms with van der Waals surface area (Å²) in [6, 6.07) is 5.58. The Morgan fingerprint density at radius 2 is 2.03 bits per heavy atom. The number of ether oxygens (including phenoxy) is 2. The first-order valence-electron chi connectivity index (χ1n) is 14.2. The maximum absolute atomic E-state index is 13.9. The summed E-state index contributed by atoms with van der Waals surface area (Å²) in [4.78, 5) is 43.6. The van der Waals surface area contributed by atoms with Crippen LogP contribution in [0.15, 0.2) is 18.2 Å². The van der Waals surface area contributed by atoms with Gasteiger partial charge in [0, 0.05) is 51.1 Å². The number of rotatable bonds is 11. The van der Waals surface area contributed by atoms with Crippen LogP contribution in [0.3, 0.4) is 0 Å². The maximum atomic E-state index is 13.9. The number of benzene rings is 1. The highest BCUT2D eigenvalue weighted by Crippen LogP contribution is 2.42. The van der Waals surface area contributed by atoms with Gasteiger partial charge in [0.25, 0.3) is 5.91 Å². The molecule has 0 aromatic heterocycles. The van der Waals surface area contributed by atoms with Crippen molar-refractivity contribution in [3.63, 3.8) is 0 Å². The molecular weight excluding hydrogens is 500 g/mol. The number of hydrogen-bond acceptors (Lipinski definition) is 7. The van der Waals surface area contributed by atoms with Crippen molar-refractivity contribution in [1.29, 1.82) is 0 Å². The highest BCUT2D eigenvalue weighted by Gasteiger charge is 2.43. The number of carbonyl (C=O) groups is 3. The van der Waals surface area contributed by atoms with E-state index in [1.165, 1.54) is 0 Å². The minimum atomic E-state index is -0.981. The number of hydrogen-bond donors (Lipinski definition) is 3. The molecule has 39 heavy (non-hydrogen) atoms. The molecule has 0 spiro atoms. The van der Waals surface area contributed by atoms with Crippen LogP contribution in [0.4, 0.5) is 11.4 Å². The summed E-state index contributed by atoms with van der Waals surface area (Å²) in [6.07, 6.45) is 3.06. The molecule has 1 aromatic carbocycles. The molecule has 1 saturated carbocycles. The van der Waals surface area contributed by atoms with Gasteiger partial charge in [0.1, 0.15) is 5.75 Å². The van der Waals surface area contributed by atoms with Gasteiger partial charge >= 0.3 is 0 Å². The lowest BCUT2D eigenvalue weighted by Gasteiger charge is -2.40. The second-order valence-corrected chi connectivity index (χ2v) is 11.8. The zero-order chi connectivity index (χ0) is 28.3. The summed E-state index contributed by atoms with van der Waals surface area (Å²) in [5.74, 6) is -0.417. The Hall–Kier alpha value is -2.69. The third-order valence-corrected chi connectivity index (χ3v) is 7.90. The molecular formula is C29H44N4O6. The van der Waals surface area contributed by atoms with Crippen molar-refractivity contribution in [2.24, 2.45) is 17.8 Å². The fourth-order valence-electron chi connectivity index (χ4n) is 5.49. The van der Waals surface area contributed by atoms with Gasteiger partial charge in [0.15, 0.2) is 5.60 Å². The lowest BCUT2D eigenvalue weighted by molar-refractivity contribution is -0.132. The first-order valence-corrected chi connectivity index (χ1v) is 14.2. The standard InChI is InChI=1S/C29H44N4O6/c1-18(2)23(17-34)26(35)31-20-13-19(15-30-16-20)27(36)33(21-7-8-21)22-9-10-25-24(14-22)32(11-6-12-38-5)28(37)29(3,4)39-25/h9-10,14,18-21,23,30,34H,6-8,11-13,15-17H2,1-5H3,(H,31,35)/t19-,20+,23?/m1/s1. The van der Waals surface area contributed by atoms with Crippen LogP contribution in [-0.4, -0.2) is 80.5 Å². The quantitative estimate of drug-likeness (QED) is 0.365. The van der Waals surface area contributed by atoms with Crippen molar-refractivity contribution in [1.82, 2.24) is 10.6 Å². The molecule has 10 nitrogen and oxygen atoms in total. The Morgan fingerprint density at radius 1 is 1.28 bits per heavy atom. The molecule has 2 fully saturated rings. The largest absolute Gasteiger partial charge is 0.476 e. The van der Waals surface area contributed by atoms with Crippen LogP contribution in [0.2, 0.25) is 0 Å². The van der Waals surface area contributed by atoms with Crippen LogP contribution in [0, 0.1) is 17.8 Å². The number of anilines is 2. The highest BCUT2D eigenvalue weighted by atomic mass is 16.5. The van der Waals surface area contributed by atoms with Crippen LogP contribution in [0.5, 0.6) is 5.75 Å². The normalized spacial score (nSPS) is 23.2. The van der Waals surface area contributed by atoms with Gasteiger partial charge in [-0.1, -0.05) is 13.8 Å². The molecule has 0 bridgehead atoms. The first kappa shape index (κ1) is 29.3. The smallest absolute Gasteiger partial charge is 0.270 e. The number of aliphatic hydroxyl groups excluding tert-OH is 1. The zero-order valence-corrected chi connectivity index (χ0v) is 23.9. The van der Waals surface area contributed by atoms with Gasteiger partial charge in [-0.3, -0.25) is 14.4 Å².